The number of carbonyl (C=O) groups is 3. The minimum Gasteiger partial charge on any atom is -0.482 e. The molecule has 1 unspecified atom stereocenters. The number of Topliss-reactive ketones (excluding diaryl/α,β-unsaturated/α-hetero) is 1. The molecule has 2 aromatic rings. The van der Waals surface area contributed by atoms with Gasteiger partial charge in [-0.05, 0) is 24.6 Å². The first kappa shape index (κ1) is 20.4. The van der Waals surface area contributed by atoms with Crippen molar-refractivity contribution in [2.75, 3.05) is 20.8 Å². The molecule has 0 saturated heterocycles. The number of dihydropyridines is 1. The van der Waals surface area contributed by atoms with Crippen molar-refractivity contribution in [3.8, 4) is 5.75 Å². The highest BCUT2D eigenvalue weighted by molar-refractivity contribution is 6.23. The number of hydrogen-bond donors (Lipinski definition) is 1. The van der Waals surface area contributed by atoms with Crippen LogP contribution in [-0.2, 0) is 19.1 Å². The Balaban J connectivity index is 1.77. The van der Waals surface area contributed by atoms with E-state index in [-0.39, 0.29) is 12.4 Å². The Labute approximate surface area is 179 Å². The molecule has 0 bridgehead atoms. The Morgan fingerprint density at radius 3 is 2.29 bits per heavy atom. The summed E-state index contributed by atoms with van der Waals surface area (Å²) < 4.78 is 15.0. The van der Waals surface area contributed by atoms with Crippen LogP contribution in [-0.4, -0.2) is 38.5 Å². The maximum Gasteiger partial charge on any atom is 0.343 e. The van der Waals surface area contributed by atoms with Gasteiger partial charge in [-0.1, -0.05) is 36.4 Å². The number of nitrogens with one attached hydrogen (secondary N) is 1. The standard InChI is InChI=1S/C24H21NO6/c1-13-19(24(28)30-3)20(14-8-10-15(11-9-14)31-12-18(26)29-2)21-22(25-13)16-6-4-5-7-17(16)23(21)27/h4-11,20,25H,12H2,1-3H3. The topological polar surface area (TPSA) is 90.9 Å². The van der Waals surface area contributed by atoms with Crippen LogP contribution >= 0.6 is 0 Å². The van der Waals surface area contributed by atoms with Crippen LogP contribution in [0.15, 0.2) is 65.4 Å². The molecule has 0 aromatic heterocycles. The molecule has 1 heterocycles. The Morgan fingerprint density at radius 1 is 0.968 bits per heavy atom. The second kappa shape index (κ2) is 8.10. The van der Waals surface area contributed by atoms with E-state index in [1.165, 1.54) is 14.2 Å². The van der Waals surface area contributed by atoms with Gasteiger partial charge >= 0.3 is 11.9 Å². The van der Waals surface area contributed by atoms with Crippen molar-refractivity contribution < 1.29 is 28.6 Å². The lowest BCUT2D eigenvalue weighted by Crippen LogP contribution is -2.29. The van der Waals surface area contributed by atoms with Gasteiger partial charge in [0.15, 0.2) is 12.4 Å². The number of carbonyl (C=O) groups excluding carboxylic acids is 3. The fraction of sp³-hybridized carbons (Fsp3) is 0.208. The summed E-state index contributed by atoms with van der Waals surface area (Å²) in [6.07, 6.45) is 0. The van der Waals surface area contributed by atoms with Gasteiger partial charge in [0.1, 0.15) is 5.75 Å². The van der Waals surface area contributed by atoms with Gasteiger partial charge in [-0.2, -0.15) is 0 Å². The summed E-state index contributed by atoms with van der Waals surface area (Å²) in [6, 6.07) is 14.3. The van der Waals surface area contributed by atoms with Gasteiger partial charge in [0.05, 0.1) is 25.5 Å². The summed E-state index contributed by atoms with van der Waals surface area (Å²) in [5.74, 6) is -1.24. The lowest BCUT2D eigenvalue weighted by Gasteiger charge is -2.29. The predicted octanol–water partition coefficient (Wildman–Crippen LogP) is 2.98. The minimum absolute atomic E-state index is 0.122. The van der Waals surface area contributed by atoms with Crippen molar-refractivity contribution in [3.63, 3.8) is 0 Å². The lowest BCUT2D eigenvalue weighted by atomic mass is 9.80. The first-order valence-corrected chi connectivity index (χ1v) is 9.70. The molecule has 1 aliphatic carbocycles. The molecular weight excluding hydrogens is 398 g/mol. The van der Waals surface area contributed by atoms with Gasteiger partial charge in [-0.25, -0.2) is 9.59 Å². The molecule has 1 atom stereocenters. The van der Waals surface area contributed by atoms with Crippen LogP contribution in [0.4, 0.5) is 0 Å². The van der Waals surface area contributed by atoms with E-state index < -0.39 is 17.9 Å². The highest BCUT2D eigenvalue weighted by atomic mass is 16.6. The molecule has 0 amide bonds. The molecule has 31 heavy (non-hydrogen) atoms. The SMILES string of the molecule is COC(=O)COc1ccc(C2C(C(=O)OC)=C(C)NC3=C2C(=O)c2ccccc23)cc1. The largest absolute Gasteiger partial charge is 0.482 e. The fourth-order valence-electron chi connectivity index (χ4n) is 4.00. The number of fused-ring (bicyclic) bond motifs is 2. The van der Waals surface area contributed by atoms with Crippen LogP contribution in [0.5, 0.6) is 5.75 Å². The van der Waals surface area contributed by atoms with Crippen molar-refractivity contribution >= 4 is 23.4 Å². The first-order chi connectivity index (χ1) is 15.0. The molecule has 7 nitrogen and oxygen atoms in total. The highest BCUT2D eigenvalue weighted by Crippen LogP contribution is 2.46. The van der Waals surface area contributed by atoms with Crippen LogP contribution in [0.2, 0.25) is 0 Å². The summed E-state index contributed by atoms with van der Waals surface area (Å²) in [4.78, 5) is 37.3. The van der Waals surface area contributed by atoms with Gasteiger partial charge < -0.3 is 19.5 Å². The van der Waals surface area contributed by atoms with Crippen LogP contribution in [0, 0.1) is 0 Å². The summed E-state index contributed by atoms with van der Waals surface area (Å²) >= 11 is 0. The van der Waals surface area contributed by atoms with Crippen LogP contribution in [0.1, 0.15) is 34.3 Å². The molecule has 2 aliphatic rings. The number of benzene rings is 2. The molecular formula is C24H21NO6. The molecule has 0 radical (unpaired) electrons. The second-order valence-electron chi connectivity index (χ2n) is 7.19. The molecule has 1 N–H and O–H groups in total. The normalized spacial score (nSPS) is 17.0. The molecule has 0 spiro atoms. The van der Waals surface area contributed by atoms with Crippen molar-refractivity contribution in [2.45, 2.75) is 12.8 Å². The Bertz CT molecular complexity index is 1140. The van der Waals surface area contributed by atoms with Gasteiger partial charge in [0, 0.05) is 28.3 Å². The molecule has 158 valence electrons. The fourth-order valence-corrected chi connectivity index (χ4v) is 4.00. The molecule has 0 saturated carbocycles. The minimum atomic E-state index is -0.599. The summed E-state index contributed by atoms with van der Waals surface area (Å²) in [5, 5.41) is 3.24. The average Bonchev–Trinajstić information content (AvgIpc) is 3.08. The van der Waals surface area contributed by atoms with Crippen LogP contribution in [0.3, 0.4) is 0 Å². The maximum absolute atomic E-state index is 13.3. The third kappa shape index (κ3) is 3.48. The monoisotopic (exact) mass is 419 g/mol. The number of hydrogen-bond acceptors (Lipinski definition) is 7. The van der Waals surface area contributed by atoms with Crippen molar-refractivity contribution in [2.24, 2.45) is 0 Å². The van der Waals surface area contributed by atoms with Crippen LogP contribution in [0.25, 0.3) is 5.70 Å². The summed E-state index contributed by atoms with van der Waals surface area (Å²) in [7, 11) is 2.61. The smallest absolute Gasteiger partial charge is 0.343 e. The third-order valence-electron chi connectivity index (χ3n) is 5.45. The number of allylic oxidation sites excluding steroid dienone is 2. The van der Waals surface area contributed by atoms with Gasteiger partial charge in [0.25, 0.3) is 0 Å². The molecule has 0 fully saturated rings. The van der Waals surface area contributed by atoms with Crippen LogP contribution < -0.4 is 10.1 Å². The number of ether oxygens (including phenoxy) is 3. The zero-order valence-corrected chi connectivity index (χ0v) is 17.4. The van der Waals surface area contributed by atoms with Gasteiger partial charge in [0.2, 0.25) is 0 Å². The van der Waals surface area contributed by atoms with Gasteiger partial charge in [-0.15, -0.1) is 0 Å². The zero-order valence-electron chi connectivity index (χ0n) is 17.4. The van der Waals surface area contributed by atoms with E-state index >= 15 is 0 Å². The summed E-state index contributed by atoms with van der Waals surface area (Å²) in [5.41, 5.74) is 4.38. The second-order valence-corrected chi connectivity index (χ2v) is 7.19. The Kier molecular flexibility index (Phi) is 5.33. The Morgan fingerprint density at radius 2 is 1.65 bits per heavy atom. The number of esters is 2. The quantitative estimate of drug-likeness (QED) is 0.745. The van der Waals surface area contributed by atoms with E-state index in [0.717, 1.165) is 11.1 Å². The van der Waals surface area contributed by atoms with E-state index in [9.17, 15) is 14.4 Å². The van der Waals surface area contributed by atoms with E-state index in [4.69, 9.17) is 9.47 Å². The number of rotatable bonds is 5. The van der Waals surface area contributed by atoms with E-state index in [1.807, 2.05) is 18.2 Å². The molecule has 7 heteroatoms. The molecule has 1 aliphatic heterocycles. The Hall–Kier alpha value is -3.87. The predicted molar refractivity (Wildman–Crippen MR) is 112 cm³/mol. The zero-order chi connectivity index (χ0) is 22.1. The highest BCUT2D eigenvalue weighted by Gasteiger charge is 2.42. The number of ketones is 1. The van der Waals surface area contributed by atoms with E-state index in [1.54, 1.807) is 37.3 Å². The number of methoxy groups -OCH3 is 2. The van der Waals surface area contributed by atoms with Gasteiger partial charge in [-0.3, -0.25) is 4.79 Å². The molecule has 4 rings (SSSR count). The van der Waals surface area contributed by atoms with Crippen molar-refractivity contribution in [1.29, 1.82) is 0 Å². The molecule has 2 aromatic carbocycles. The van der Waals surface area contributed by atoms with Crippen molar-refractivity contribution in [3.05, 3.63) is 82.1 Å². The van der Waals surface area contributed by atoms with E-state index in [0.29, 0.717) is 33.9 Å². The van der Waals surface area contributed by atoms with E-state index in [2.05, 4.69) is 10.1 Å². The first-order valence-electron chi connectivity index (χ1n) is 9.70. The summed E-state index contributed by atoms with van der Waals surface area (Å²) in [6.45, 7) is 1.58. The van der Waals surface area contributed by atoms with Crippen molar-refractivity contribution in [1.82, 2.24) is 5.32 Å². The third-order valence-corrected chi connectivity index (χ3v) is 5.45. The lowest BCUT2D eigenvalue weighted by molar-refractivity contribution is -0.143. The average molecular weight is 419 g/mol. The maximum atomic E-state index is 13.3.